The van der Waals surface area contributed by atoms with Crippen LogP contribution >= 0.6 is 11.6 Å². The molecule has 176 valence electrons. The van der Waals surface area contributed by atoms with Gasteiger partial charge in [0.25, 0.3) is 5.56 Å². The van der Waals surface area contributed by atoms with E-state index in [0.29, 0.717) is 17.3 Å². The summed E-state index contributed by atoms with van der Waals surface area (Å²) in [7, 11) is 1.92. The summed E-state index contributed by atoms with van der Waals surface area (Å²) in [5.41, 5.74) is 6.14. The summed E-state index contributed by atoms with van der Waals surface area (Å²) in [6, 6.07) is 13.4. The van der Waals surface area contributed by atoms with Crippen LogP contribution in [0.1, 0.15) is 22.4 Å². The Balaban J connectivity index is 1.50. The van der Waals surface area contributed by atoms with E-state index in [1.807, 2.05) is 55.9 Å². The zero-order valence-corrected chi connectivity index (χ0v) is 20.5. The van der Waals surface area contributed by atoms with Gasteiger partial charge in [0.1, 0.15) is 17.9 Å². The Hall–Kier alpha value is -3.97. The van der Waals surface area contributed by atoms with Crippen molar-refractivity contribution in [1.29, 1.82) is 0 Å². The molecule has 8 heteroatoms. The number of aryl methyl sites for hydroxylation is 3. The van der Waals surface area contributed by atoms with Crippen molar-refractivity contribution in [3.8, 4) is 17.0 Å². The molecule has 4 aromatic heterocycles. The minimum atomic E-state index is -0.0757. The Morgan fingerprint density at radius 2 is 1.94 bits per heavy atom. The number of hydrogen-bond donors (Lipinski definition) is 0. The molecule has 0 saturated carbocycles. The molecule has 0 atom stereocenters. The van der Waals surface area contributed by atoms with E-state index in [0.717, 1.165) is 44.5 Å². The molecule has 0 saturated heterocycles. The van der Waals surface area contributed by atoms with Crippen LogP contribution in [0.15, 0.2) is 72.0 Å². The summed E-state index contributed by atoms with van der Waals surface area (Å²) in [5.74, 6) is 0.654. The van der Waals surface area contributed by atoms with Crippen molar-refractivity contribution in [2.45, 2.75) is 27.0 Å². The van der Waals surface area contributed by atoms with Gasteiger partial charge in [0.05, 0.1) is 17.3 Å². The molecule has 0 amide bonds. The summed E-state index contributed by atoms with van der Waals surface area (Å²) in [4.78, 5) is 21.4. The van der Waals surface area contributed by atoms with Gasteiger partial charge in [0, 0.05) is 60.1 Å². The number of pyridine rings is 3. The van der Waals surface area contributed by atoms with Gasteiger partial charge in [-0.25, -0.2) is 4.98 Å². The van der Waals surface area contributed by atoms with Gasteiger partial charge in [0.2, 0.25) is 0 Å². The maximum absolute atomic E-state index is 12.4. The minimum absolute atomic E-state index is 0.0757. The highest BCUT2D eigenvalue weighted by atomic mass is 35.5. The fraction of sp³-hybridized carbons (Fsp3) is 0.185. The van der Waals surface area contributed by atoms with Crippen LogP contribution in [0.3, 0.4) is 0 Å². The fourth-order valence-electron chi connectivity index (χ4n) is 4.19. The smallest absolute Gasteiger partial charge is 0.251 e. The van der Waals surface area contributed by atoms with Crippen molar-refractivity contribution in [3.63, 3.8) is 0 Å². The molecule has 0 aliphatic heterocycles. The van der Waals surface area contributed by atoms with Gasteiger partial charge >= 0.3 is 0 Å². The zero-order valence-electron chi connectivity index (χ0n) is 19.7. The van der Waals surface area contributed by atoms with Gasteiger partial charge in [-0.15, -0.1) is 0 Å². The summed E-state index contributed by atoms with van der Waals surface area (Å²) in [5, 5.41) is 5.78. The maximum Gasteiger partial charge on any atom is 0.251 e. The number of rotatable bonds is 6. The molecule has 0 N–H and O–H groups in total. The molecule has 4 heterocycles. The maximum atomic E-state index is 12.4. The molecule has 0 radical (unpaired) electrons. The first-order valence-electron chi connectivity index (χ1n) is 11.2. The molecule has 0 unspecified atom stereocenters. The van der Waals surface area contributed by atoms with Crippen LogP contribution in [0, 0.1) is 13.8 Å². The molecule has 5 rings (SSSR count). The molecule has 1 aromatic carbocycles. The lowest BCUT2D eigenvalue weighted by atomic mass is 10.0. The van der Waals surface area contributed by atoms with Gasteiger partial charge in [0.15, 0.2) is 0 Å². The molecule has 7 nitrogen and oxygen atoms in total. The Morgan fingerprint density at radius 1 is 1.09 bits per heavy atom. The van der Waals surface area contributed by atoms with Crippen molar-refractivity contribution < 1.29 is 4.74 Å². The fourth-order valence-corrected chi connectivity index (χ4v) is 4.42. The number of ether oxygens (including phenoxy) is 1. The van der Waals surface area contributed by atoms with Crippen molar-refractivity contribution >= 4 is 22.5 Å². The highest BCUT2D eigenvalue weighted by Gasteiger charge is 2.15. The highest BCUT2D eigenvalue weighted by Crippen LogP contribution is 2.33. The van der Waals surface area contributed by atoms with E-state index < -0.39 is 0 Å². The number of hydrogen-bond acceptors (Lipinski definition) is 5. The number of fused-ring (bicyclic) bond motifs is 1. The van der Waals surface area contributed by atoms with Crippen molar-refractivity contribution in [2.75, 3.05) is 0 Å². The monoisotopic (exact) mass is 485 g/mol. The van der Waals surface area contributed by atoms with Crippen LogP contribution in [-0.4, -0.2) is 24.3 Å². The van der Waals surface area contributed by atoms with Crippen LogP contribution in [0.2, 0.25) is 5.02 Å². The number of aromatic nitrogens is 5. The molecular formula is C27H24ClN5O2. The Morgan fingerprint density at radius 3 is 2.71 bits per heavy atom. The topological polar surface area (TPSA) is 74.8 Å². The molecule has 35 heavy (non-hydrogen) atoms. The lowest BCUT2D eigenvalue weighted by molar-refractivity contribution is 0.307. The Labute approximate surface area is 207 Å². The van der Waals surface area contributed by atoms with Crippen molar-refractivity contribution in [3.05, 3.63) is 105 Å². The van der Waals surface area contributed by atoms with E-state index in [2.05, 4.69) is 16.1 Å². The third-order valence-electron chi connectivity index (χ3n) is 5.99. The second-order valence-electron chi connectivity index (χ2n) is 8.52. The predicted molar refractivity (Wildman–Crippen MR) is 137 cm³/mol. The molecule has 0 spiro atoms. The first-order chi connectivity index (χ1) is 16.9. The highest BCUT2D eigenvalue weighted by molar-refractivity contribution is 6.31. The van der Waals surface area contributed by atoms with Crippen molar-refractivity contribution in [1.82, 2.24) is 24.3 Å². The third kappa shape index (κ3) is 4.55. The molecule has 5 aromatic rings. The molecule has 0 fully saturated rings. The normalized spacial score (nSPS) is 11.2. The van der Waals surface area contributed by atoms with Crippen molar-refractivity contribution in [2.24, 2.45) is 7.05 Å². The van der Waals surface area contributed by atoms with Crippen LogP contribution < -0.4 is 10.3 Å². The summed E-state index contributed by atoms with van der Waals surface area (Å²) in [6.07, 6.45) is 6.88. The van der Waals surface area contributed by atoms with E-state index in [4.69, 9.17) is 21.3 Å². The van der Waals surface area contributed by atoms with Gasteiger partial charge in [-0.2, -0.15) is 5.10 Å². The van der Waals surface area contributed by atoms with Gasteiger partial charge in [-0.05, 0) is 49.2 Å². The summed E-state index contributed by atoms with van der Waals surface area (Å²) < 4.78 is 9.76. The van der Waals surface area contributed by atoms with E-state index in [1.54, 1.807) is 35.4 Å². The lowest BCUT2D eigenvalue weighted by Crippen LogP contribution is -2.20. The number of benzene rings is 1. The largest absolute Gasteiger partial charge is 0.487 e. The minimum Gasteiger partial charge on any atom is -0.487 e. The third-order valence-corrected chi connectivity index (χ3v) is 6.31. The van der Waals surface area contributed by atoms with E-state index in [1.165, 1.54) is 0 Å². The average Bonchev–Trinajstić information content (AvgIpc) is 3.25. The van der Waals surface area contributed by atoms with Gasteiger partial charge in [-0.3, -0.25) is 14.5 Å². The average molecular weight is 486 g/mol. The molecule has 0 bridgehead atoms. The number of halogens is 1. The summed E-state index contributed by atoms with van der Waals surface area (Å²) in [6.45, 7) is 4.43. The van der Waals surface area contributed by atoms with E-state index >= 15 is 0 Å². The van der Waals surface area contributed by atoms with E-state index in [-0.39, 0.29) is 12.2 Å². The van der Waals surface area contributed by atoms with Crippen LogP contribution in [0.5, 0.6) is 5.75 Å². The first kappa shape index (κ1) is 22.8. The predicted octanol–water partition coefficient (Wildman–Crippen LogP) is 5.09. The second kappa shape index (κ2) is 9.35. The Kier molecular flexibility index (Phi) is 6.09. The number of para-hydroxylation sites is 1. The van der Waals surface area contributed by atoms with Gasteiger partial charge in [-0.1, -0.05) is 23.7 Å². The second-order valence-corrected chi connectivity index (χ2v) is 8.93. The quantitative estimate of drug-likeness (QED) is 0.335. The van der Waals surface area contributed by atoms with Crippen LogP contribution in [0.25, 0.3) is 22.2 Å². The molecule has 0 aliphatic carbocycles. The summed E-state index contributed by atoms with van der Waals surface area (Å²) >= 11 is 6.53. The lowest BCUT2D eigenvalue weighted by Gasteiger charge is -2.15. The van der Waals surface area contributed by atoms with Crippen LogP contribution in [0.4, 0.5) is 0 Å². The van der Waals surface area contributed by atoms with Crippen LogP contribution in [-0.2, 0) is 20.2 Å². The van der Waals surface area contributed by atoms with E-state index in [9.17, 15) is 4.79 Å². The molecular weight excluding hydrogens is 462 g/mol. The standard InChI is InChI=1S/C27H24ClN5O2/c1-17-8-10-33(26(34)11-17)15-19-13-29-14-23(28)22(19)16-35-25-6-4-5-20-21(12-18(2)31-27(20)25)24-7-9-30-32(24)3/h4-14H,15-16H2,1-3H3. The van der Waals surface area contributed by atoms with Gasteiger partial charge < -0.3 is 9.30 Å². The first-order valence-corrected chi connectivity index (χ1v) is 11.6. The zero-order chi connectivity index (χ0) is 24.5. The molecule has 0 aliphatic rings. The SMILES string of the molecule is Cc1ccn(Cc2cncc(Cl)c2COc2cccc3c(-c4ccnn4C)cc(C)nc23)c(=O)c1. The number of nitrogens with zero attached hydrogens (tertiary/aromatic N) is 5. The Bertz CT molecular complexity index is 1610.